The molecule has 156 valence electrons. The van der Waals surface area contributed by atoms with E-state index in [0.29, 0.717) is 0 Å². The lowest BCUT2D eigenvalue weighted by Gasteiger charge is -2.33. The van der Waals surface area contributed by atoms with Gasteiger partial charge in [0.05, 0.1) is 6.04 Å². The van der Waals surface area contributed by atoms with Gasteiger partial charge in [-0.25, -0.2) is 0 Å². The van der Waals surface area contributed by atoms with Crippen LogP contribution in [0, 0.1) is 5.92 Å². The molecule has 0 saturated carbocycles. The number of nitrogens with one attached hydrogen (secondary N) is 1. The molecule has 4 heteroatoms. The van der Waals surface area contributed by atoms with Crippen molar-refractivity contribution in [3.05, 3.63) is 59.7 Å². The minimum absolute atomic E-state index is 0.0655. The van der Waals surface area contributed by atoms with Crippen molar-refractivity contribution in [2.45, 2.75) is 59.1 Å². The molecular weight excluding hydrogens is 360 g/mol. The summed E-state index contributed by atoms with van der Waals surface area (Å²) in [7, 11) is 0. The van der Waals surface area contributed by atoms with Crippen LogP contribution in [0.1, 0.15) is 57.7 Å². The fourth-order valence-corrected chi connectivity index (χ4v) is 3.97. The summed E-state index contributed by atoms with van der Waals surface area (Å²) in [5.41, 5.74) is 3.49. The number of hydrogen-bond acceptors (Lipinski definition) is 3. The molecule has 0 aliphatic carbocycles. The van der Waals surface area contributed by atoms with Crippen molar-refractivity contribution in [2.75, 3.05) is 18.0 Å². The minimum Gasteiger partial charge on any atom is -0.481 e. The van der Waals surface area contributed by atoms with Gasteiger partial charge >= 0.3 is 0 Å². The lowest BCUT2D eigenvalue weighted by atomic mass is 9.99. The average molecular weight is 395 g/mol. The van der Waals surface area contributed by atoms with E-state index < -0.39 is 6.10 Å². The van der Waals surface area contributed by atoms with E-state index in [9.17, 15) is 4.79 Å². The van der Waals surface area contributed by atoms with Gasteiger partial charge in [0.1, 0.15) is 5.75 Å². The van der Waals surface area contributed by atoms with Crippen LogP contribution in [0.2, 0.25) is 0 Å². The summed E-state index contributed by atoms with van der Waals surface area (Å²) >= 11 is 0. The first-order valence-electron chi connectivity index (χ1n) is 10.9. The van der Waals surface area contributed by atoms with Gasteiger partial charge in [0, 0.05) is 18.8 Å². The van der Waals surface area contributed by atoms with Crippen LogP contribution < -0.4 is 15.0 Å². The van der Waals surface area contributed by atoms with Crippen LogP contribution in [0.4, 0.5) is 5.69 Å². The topological polar surface area (TPSA) is 41.6 Å². The molecular formula is C25H34N2O2. The second-order valence-corrected chi connectivity index (χ2v) is 8.24. The Bertz CT molecular complexity index is 803. The third-order valence-electron chi connectivity index (χ3n) is 5.80. The number of piperidine rings is 1. The third kappa shape index (κ3) is 5.53. The fourth-order valence-electron chi connectivity index (χ4n) is 3.97. The summed E-state index contributed by atoms with van der Waals surface area (Å²) < 4.78 is 5.92. The highest BCUT2D eigenvalue weighted by atomic mass is 16.5. The molecule has 0 bridgehead atoms. The van der Waals surface area contributed by atoms with Crippen LogP contribution in [0.25, 0.3) is 0 Å². The predicted octanol–water partition coefficient (Wildman–Crippen LogP) is 5.13. The summed E-state index contributed by atoms with van der Waals surface area (Å²) in [6.07, 6.45) is 2.91. The maximum Gasteiger partial charge on any atom is 0.261 e. The Labute approximate surface area is 175 Å². The van der Waals surface area contributed by atoms with Crippen LogP contribution in [0.3, 0.4) is 0 Å². The zero-order valence-electron chi connectivity index (χ0n) is 18.2. The van der Waals surface area contributed by atoms with Crippen LogP contribution in [-0.4, -0.2) is 25.1 Å². The highest BCUT2D eigenvalue weighted by Gasteiger charge is 2.20. The lowest BCUT2D eigenvalue weighted by Crippen LogP contribution is -2.38. The SMILES string of the molecule is CCc1ccccc1O[C@H](C)C(=O)N[C@H](C)c1ccc(N2CCC[C@@H](C)C2)cc1. The fraction of sp³-hybridized carbons (Fsp3) is 0.480. The van der Waals surface area contributed by atoms with Crippen molar-refractivity contribution >= 4 is 11.6 Å². The summed E-state index contributed by atoms with van der Waals surface area (Å²) in [5, 5.41) is 3.08. The smallest absolute Gasteiger partial charge is 0.261 e. The zero-order chi connectivity index (χ0) is 20.8. The van der Waals surface area contributed by atoms with Gasteiger partial charge in [0.25, 0.3) is 5.91 Å². The van der Waals surface area contributed by atoms with E-state index in [1.165, 1.54) is 18.5 Å². The molecule has 1 aliphatic rings. The molecule has 1 fully saturated rings. The van der Waals surface area contributed by atoms with E-state index in [1.807, 2.05) is 31.2 Å². The standard InChI is InChI=1S/C25H34N2O2/c1-5-21-10-6-7-11-24(21)29-20(4)25(28)26-19(3)22-12-14-23(15-13-22)27-16-8-9-18(2)17-27/h6-7,10-15,18-20H,5,8-9,16-17H2,1-4H3,(H,26,28)/t18-,19-,20-/m1/s1. The molecule has 0 spiro atoms. The predicted molar refractivity (Wildman–Crippen MR) is 120 cm³/mol. The normalized spacial score (nSPS) is 18.8. The van der Waals surface area contributed by atoms with E-state index in [2.05, 4.69) is 48.3 Å². The molecule has 3 atom stereocenters. The van der Waals surface area contributed by atoms with Crippen LogP contribution in [0.5, 0.6) is 5.75 Å². The van der Waals surface area contributed by atoms with Gasteiger partial charge in [-0.3, -0.25) is 4.79 Å². The molecule has 0 aromatic heterocycles. The van der Waals surface area contributed by atoms with Crippen molar-refractivity contribution in [1.82, 2.24) is 5.32 Å². The number of carbonyl (C=O) groups is 1. The minimum atomic E-state index is -0.542. The molecule has 2 aromatic carbocycles. The number of hydrogen-bond donors (Lipinski definition) is 1. The van der Waals surface area contributed by atoms with E-state index in [0.717, 1.165) is 42.3 Å². The Morgan fingerprint density at radius 1 is 1.17 bits per heavy atom. The summed E-state index contributed by atoms with van der Waals surface area (Å²) in [6, 6.07) is 16.4. The monoisotopic (exact) mass is 394 g/mol. The second kappa shape index (κ2) is 9.82. The summed E-state index contributed by atoms with van der Waals surface area (Å²) in [5.74, 6) is 1.43. The number of anilines is 1. The Morgan fingerprint density at radius 3 is 2.59 bits per heavy atom. The summed E-state index contributed by atoms with van der Waals surface area (Å²) in [4.78, 5) is 15.1. The third-order valence-corrected chi connectivity index (χ3v) is 5.80. The number of rotatable bonds is 7. The summed E-state index contributed by atoms with van der Waals surface area (Å²) in [6.45, 7) is 10.5. The van der Waals surface area contributed by atoms with Crippen LogP contribution >= 0.6 is 0 Å². The van der Waals surface area contributed by atoms with E-state index in [1.54, 1.807) is 6.92 Å². The van der Waals surface area contributed by atoms with Crippen LogP contribution in [0.15, 0.2) is 48.5 Å². The van der Waals surface area contributed by atoms with Gasteiger partial charge in [-0.15, -0.1) is 0 Å². The van der Waals surface area contributed by atoms with Gasteiger partial charge in [-0.1, -0.05) is 44.2 Å². The van der Waals surface area contributed by atoms with Crippen molar-refractivity contribution in [2.24, 2.45) is 5.92 Å². The first-order chi connectivity index (χ1) is 14.0. The quantitative estimate of drug-likeness (QED) is 0.708. The Balaban J connectivity index is 1.57. The molecule has 0 radical (unpaired) electrons. The molecule has 1 N–H and O–H groups in total. The molecule has 29 heavy (non-hydrogen) atoms. The molecule has 2 aromatic rings. The van der Waals surface area contributed by atoms with E-state index >= 15 is 0 Å². The average Bonchev–Trinajstić information content (AvgIpc) is 2.74. The van der Waals surface area contributed by atoms with Crippen molar-refractivity contribution in [3.63, 3.8) is 0 Å². The second-order valence-electron chi connectivity index (χ2n) is 8.24. The van der Waals surface area contributed by atoms with Crippen molar-refractivity contribution < 1.29 is 9.53 Å². The molecule has 0 unspecified atom stereocenters. The zero-order valence-corrected chi connectivity index (χ0v) is 18.2. The van der Waals surface area contributed by atoms with Crippen LogP contribution in [-0.2, 0) is 11.2 Å². The van der Waals surface area contributed by atoms with Gasteiger partial charge in [-0.2, -0.15) is 0 Å². The molecule has 1 heterocycles. The number of aryl methyl sites for hydroxylation is 1. The van der Waals surface area contributed by atoms with Gasteiger partial charge in [0.15, 0.2) is 6.10 Å². The highest BCUT2D eigenvalue weighted by molar-refractivity contribution is 5.81. The molecule has 1 amide bonds. The largest absolute Gasteiger partial charge is 0.481 e. The molecule has 1 saturated heterocycles. The maximum atomic E-state index is 12.6. The van der Waals surface area contributed by atoms with Gasteiger partial charge < -0.3 is 15.0 Å². The van der Waals surface area contributed by atoms with Crippen molar-refractivity contribution in [1.29, 1.82) is 0 Å². The van der Waals surface area contributed by atoms with E-state index in [4.69, 9.17) is 4.74 Å². The first kappa shape index (κ1) is 21.2. The first-order valence-corrected chi connectivity index (χ1v) is 10.9. The number of carbonyl (C=O) groups excluding carboxylic acids is 1. The number of ether oxygens (including phenoxy) is 1. The highest BCUT2D eigenvalue weighted by Crippen LogP contribution is 2.25. The Hall–Kier alpha value is -2.49. The number of benzene rings is 2. The van der Waals surface area contributed by atoms with E-state index in [-0.39, 0.29) is 11.9 Å². The Morgan fingerprint density at radius 2 is 1.90 bits per heavy atom. The number of para-hydroxylation sites is 1. The Kier molecular flexibility index (Phi) is 7.18. The maximum absolute atomic E-state index is 12.6. The molecule has 4 nitrogen and oxygen atoms in total. The van der Waals surface area contributed by atoms with Gasteiger partial charge in [-0.05, 0) is 68.4 Å². The lowest BCUT2D eigenvalue weighted by molar-refractivity contribution is -0.127. The molecule has 3 rings (SSSR count). The number of nitrogens with zero attached hydrogens (tertiary/aromatic N) is 1. The number of amides is 1. The molecule has 1 aliphatic heterocycles. The van der Waals surface area contributed by atoms with Crippen molar-refractivity contribution in [3.8, 4) is 5.75 Å². The van der Waals surface area contributed by atoms with Gasteiger partial charge in [0.2, 0.25) is 0 Å².